The minimum absolute atomic E-state index is 0.0804. The van der Waals surface area contributed by atoms with Gasteiger partial charge in [0, 0.05) is 42.7 Å². The first kappa shape index (κ1) is 21.3. The van der Waals surface area contributed by atoms with E-state index < -0.39 is 0 Å². The Morgan fingerprint density at radius 3 is 2.55 bits per heavy atom. The van der Waals surface area contributed by atoms with Crippen LogP contribution < -0.4 is 10.2 Å². The lowest BCUT2D eigenvalue weighted by atomic mass is 10.0. The molecular formula is C25H29N7O. The zero-order chi connectivity index (χ0) is 23.2. The first-order chi connectivity index (χ1) is 15.8. The molecule has 2 N–H and O–H groups in total. The molecule has 1 atom stereocenters. The summed E-state index contributed by atoms with van der Waals surface area (Å²) in [6, 6.07) is 12.2. The van der Waals surface area contributed by atoms with Crippen LogP contribution >= 0.6 is 0 Å². The van der Waals surface area contributed by atoms with E-state index >= 15 is 0 Å². The number of aromatic nitrogens is 5. The zero-order valence-electron chi connectivity index (χ0n) is 19.4. The minimum Gasteiger partial charge on any atom is -0.507 e. The monoisotopic (exact) mass is 443 g/mol. The van der Waals surface area contributed by atoms with Crippen molar-refractivity contribution < 1.29 is 5.11 Å². The minimum atomic E-state index is 0.0804. The second-order valence-corrected chi connectivity index (χ2v) is 9.74. The Morgan fingerprint density at radius 1 is 1.03 bits per heavy atom. The summed E-state index contributed by atoms with van der Waals surface area (Å²) in [5.41, 5.74) is 4.25. The molecular weight excluding hydrogens is 414 g/mol. The molecule has 1 aliphatic heterocycles. The fourth-order valence-electron chi connectivity index (χ4n) is 4.48. The number of aryl methyl sites for hydroxylation is 1. The average molecular weight is 444 g/mol. The van der Waals surface area contributed by atoms with E-state index in [0.29, 0.717) is 23.2 Å². The summed E-state index contributed by atoms with van der Waals surface area (Å²) in [5.74, 6) is 0.774. The fraction of sp³-hybridized carbons (Fsp3) is 0.360. The van der Waals surface area contributed by atoms with Crippen molar-refractivity contribution >= 4 is 16.9 Å². The van der Waals surface area contributed by atoms with Crippen LogP contribution in [0, 0.1) is 0 Å². The molecule has 0 aliphatic carbocycles. The van der Waals surface area contributed by atoms with Crippen LogP contribution in [-0.2, 0) is 7.05 Å². The third-order valence-corrected chi connectivity index (χ3v) is 6.01. The van der Waals surface area contributed by atoms with Gasteiger partial charge in [-0.05, 0) is 62.6 Å². The molecule has 8 heteroatoms. The van der Waals surface area contributed by atoms with Crippen LogP contribution in [0.2, 0.25) is 0 Å². The molecule has 33 heavy (non-hydrogen) atoms. The standard InChI is InChI=1S/C25H29N7O/c1-25(2,3)28-19-9-10-32(15-19)24-26-14-21(29-30-24)20-7-5-17(12-23(20)33)16-6-8-22-18(11-16)13-27-31(22)4/h5-8,11-14,19,28,33H,9-10,15H2,1-4H3. The number of fused-ring (bicyclic) bond motifs is 1. The molecule has 3 heterocycles. The molecule has 0 amide bonds. The Balaban J connectivity index is 1.33. The van der Waals surface area contributed by atoms with Crippen molar-refractivity contribution in [1.29, 1.82) is 0 Å². The zero-order valence-corrected chi connectivity index (χ0v) is 19.4. The first-order valence-electron chi connectivity index (χ1n) is 11.2. The Kier molecular flexibility index (Phi) is 5.25. The molecule has 1 fully saturated rings. The number of hydrogen-bond donors (Lipinski definition) is 2. The molecule has 5 rings (SSSR count). The number of aromatic hydroxyl groups is 1. The molecule has 0 saturated carbocycles. The molecule has 0 radical (unpaired) electrons. The van der Waals surface area contributed by atoms with Gasteiger partial charge in [-0.3, -0.25) is 4.68 Å². The van der Waals surface area contributed by atoms with Crippen LogP contribution in [0.15, 0.2) is 48.8 Å². The number of rotatable bonds is 4. The lowest BCUT2D eigenvalue weighted by Crippen LogP contribution is -2.45. The second-order valence-electron chi connectivity index (χ2n) is 9.74. The van der Waals surface area contributed by atoms with Crippen molar-refractivity contribution in [2.45, 2.75) is 38.8 Å². The van der Waals surface area contributed by atoms with Crippen molar-refractivity contribution in [3.05, 3.63) is 48.8 Å². The van der Waals surface area contributed by atoms with E-state index in [2.05, 4.69) is 57.3 Å². The first-order valence-corrected chi connectivity index (χ1v) is 11.2. The van der Waals surface area contributed by atoms with E-state index in [9.17, 15) is 5.11 Å². The summed E-state index contributed by atoms with van der Waals surface area (Å²) >= 11 is 0. The molecule has 2 aromatic carbocycles. The number of phenolic OH excluding ortho intramolecular Hbond substituents is 1. The maximum atomic E-state index is 10.7. The largest absolute Gasteiger partial charge is 0.507 e. The predicted molar refractivity (Wildman–Crippen MR) is 130 cm³/mol. The van der Waals surface area contributed by atoms with Crippen molar-refractivity contribution in [3.8, 4) is 28.1 Å². The van der Waals surface area contributed by atoms with Gasteiger partial charge in [0.05, 0.1) is 17.9 Å². The Hall–Kier alpha value is -3.52. The van der Waals surface area contributed by atoms with Crippen LogP contribution in [0.25, 0.3) is 33.3 Å². The van der Waals surface area contributed by atoms with E-state index in [1.54, 1.807) is 12.3 Å². The maximum absolute atomic E-state index is 10.7. The highest BCUT2D eigenvalue weighted by Gasteiger charge is 2.27. The average Bonchev–Trinajstić information content (AvgIpc) is 3.39. The van der Waals surface area contributed by atoms with Crippen LogP contribution in [-0.4, -0.2) is 54.7 Å². The number of nitrogens with one attached hydrogen (secondary N) is 1. The summed E-state index contributed by atoms with van der Waals surface area (Å²) in [5, 5.41) is 28.4. The van der Waals surface area contributed by atoms with Gasteiger partial charge in [-0.25, -0.2) is 4.98 Å². The summed E-state index contributed by atoms with van der Waals surface area (Å²) in [4.78, 5) is 6.68. The predicted octanol–water partition coefficient (Wildman–Crippen LogP) is 3.76. The summed E-state index contributed by atoms with van der Waals surface area (Å²) in [6.45, 7) is 8.29. The van der Waals surface area contributed by atoms with Crippen LogP contribution in [0.4, 0.5) is 5.95 Å². The van der Waals surface area contributed by atoms with Crippen molar-refractivity contribution in [2.24, 2.45) is 7.05 Å². The lowest BCUT2D eigenvalue weighted by Gasteiger charge is -2.25. The van der Waals surface area contributed by atoms with Gasteiger partial charge in [0.25, 0.3) is 0 Å². The maximum Gasteiger partial charge on any atom is 0.245 e. The van der Waals surface area contributed by atoms with Crippen LogP contribution in [0.3, 0.4) is 0 Å². The van der Waals surface area contributed by atoms with Crippen molar-refractivity contribution in [1.82, 2.24) is 30.3 Å². The van der Waals surface area contributed by atoms with Gasteiger partial charge >= 0.3 is 0 Å². The molecule has 2 aromatic heterocycles. The number of hydrogen-bond acceptors (Lipinski definition) is 7. The lowest BCUT2D eigenvalue weighted by molar-refractivity contribution is 0.373. The molecule has 8 nitrogen and oxygen atoms in total. The third kappa shape index (κ3) is 4.39. The second kappa shape index (κ2) is 8.12. The molecule has 1 aliphatic rings. The Bertz CT molecular complexity index is 1290. The Morgan fingerprint density at radius 2 is 1.82 bits per heavy atom. The third-order valence-electron chi connectivity index (χ3n) is 6.01. The van der Waals surface area contributed by atoms with Gasteiger partial charge in [0.1, 0.15) is 11.4 Å². The molecule has 1 unspecified atom stereocenters. The van der Waals surface area contributed by atoms with Gasteiger partial charge in [0.15, 0.2) is 0 Å². The number of nitrogens with zero attached hydrogens (tertiary/aromatic N) is 6. The number of benzene rings is 2. The molecule has 0 bridgehead atoms. The quantitative estimate of drug-likeness (QED) is 0.496. The molecule has 4 aromatic rings. The van der Waals surface area contributed by atoms with Gasteiger partial charge in [-0.2, -0.15) is 5.10 Å². The van der Waals surface area contributed by atoms with E-state index in [0.717, 1.165) is 41.5 Å². The van der Waals surface area contributed by atoms with Crippen molar-refractivity contribution in [2.75, 3.05) is 18.0 Å². The SMILES string of the molecule is Cn1ncc2cc(-c3ccc(-c4cnc(N5CCC(NC(C)(C)C)C5)nn4)c(O)c3)ccc21. The van der Waals surface area contributed by atoms with Crippen molar-refractivity contribution in [3.63, 3.8) is 0 Å². The van der Waals surface area contributed by atoms with Gasteiger partial charge in [-0.1, -0.05) is 12.1 Å². The summed E-state index contributed by atoms with van der Waals surface area (Å²) < 4.78 is 1.85. The van der Waals surface area contributed by atoms with Crippen LogP contribution in [0.5, 0.6) is 5.75 Å². The topological polar surface area (TPSA) is 92.0 Å². The number of phenols is 1. The highest BCUT2D eigenvalue weighted by Crippen LogP contribution is 2.33. The van der Waals surface area contributed by atoms with Gasteiger partial charge < -0.3 is 15.3 Å². The van der Waals surface area contributed by atoms with E-state index in [1.165, 1.54) is 0 Å². The van der Waals surface area contributed by atoms with E-state index in [1.807, 2.05) is 42.2 Å². The molecule has 170 valence electrons. The summed E-state index contributed by atoms with van der Waals surface area (Å²) in [6.07, 6.45) is 4.58. The summed E-state index contributed by atoms with van der Waals surface area (Å²) in [7, 11) is 1.92. The fourth-order valence-corrected chi connectivity index (χ4v) is 4.48. The highest BCUT2D eigenvalue weighted by molar-refractivity contribution is 5.85. The van der Waals surface area contributed by atoms with Gasteiger partial charge in [-0.15, -0.1) is 10.2 Å². The number of anilines is 1. The van der Waals surface area contributed by atoms with Gasteiger partial charge in [0.2, 0.25) is 5.95 Å². The normalized spacial score (nSPS) is 16.6. The molecule has 0 spiro atoms. The van der Waals surface area contributed by atoms with E-state index in [4.69, 9.17) is 0 Å². The smallest absolute Gasteiger partial charge is 0.245 e. The molecule has 1 saturated heterocycles. The van der Waals surface area contributed by atoms with Crippen LogP contribution in [0.1, 0.15) is 27.2 Å². The Labute approximate surface area is 193 Å². The van der Waals surface area contributed by atoms with E-state index in [-0.39, 0.29) is 11.3 Å². The highest BCUT2D eigenvalue weighted by atomic mass is 16.3.